The maximum atomic E-state index is 13.6. The van der Waals surface area contributed by atoms with Crippen LogP contribution in [0.1, 0.15) is 22.3 Å². The van der Waals surface area contributed by atoms with E-state index in [4.69, 9.17) is 4.74 Å². The van der Waals surface area contributed by atoms with Crippen LogP contribution < -0.4 is 9.62 Å². The number of carbonyl (C=O) groups excluding carboxylic acids is 2. The third kappa shape index (κ3) is 4.88. The smallest absolute Gasteiger partial charge is 0.338 e. The number of para-hydroxylation sites is 2. The van der Waals surface area contributed by atoms with Crippen LogP contribution in [0.2, 0.25) is 0 Å². The Bertz CT molecular complexity index is 1310. The summed E-state index contributed by atoms with van der Waals surface area (Å²) in [5.74, 6) is -2.20. The third-order valence-electron chi connectivity index (χ3n) is 5.21. The minimum atomic E-state index is -3.90. The van der Waals surface area contributed by atoms with Crippen molar-refractivity contribution in [3.63, 3.8) is 0 Å². The van der Waals surface area contributed by atoms with Gasteiger partial charge in [-0.2, -0.15) is 0 Å². The molecule has 3 aromatic rings. The molecule has 0 aromatic heterocycles. The predicted octanol–water partition coefficient (Wildman–Crippen LogP) is 3.76. The van der Waals surface area contributed by atoms with Gasteiger partial charge in [0.25, 0.3) is 15.9 Å². The minimum Gasteiger partial charge on any atom is -0.452 e. The van der Waals surface area contributed by atoms with Crippen molar-refractivity contribution in [3.8, 4) is 0 Å². The third-order valence-corrected chi connectivity index (χ3v) is 7.02. The SMILES string of the molecule is O=C(COC(=O)c1cccc(S(=O)(=O)N2CCCc3ccccc32)c1)Nc1ccccc1F. The molecule has 0 saturated carbocycles. The van der Waals surface area contributed by atoms with Gasteiger partial charge in [-0.05, 0) is 54.8 Å². The molecule has 0 aliphatic carbocycles. The lowest BCUT2D eigenvalue weighted by Crippen LogP contribution is -2.35. The summed E-state index contributed by atoms with van der Waals surface area (Å²) in [6.07, 6.45) is 1.48. The number of aryl methyl sites for hydroxylation is 1. The van der Waals surface area contributed by atoms with Gasteiger partial charge in [-0.1, -0.05) is 36.4 Å². The van der Waals surface area contributed by atoms with Gasteiger partial charge in [-0.3, -0.25) is 9.10 Å². The molecule has 1 amide bonds. The molecule has 1 aliphatic heterocycles. The molecular formula is C24H21FN2O5S. The number of benzene rings is 3. The number of fused-ring (bicyclic) bond motifs is 1. The zero-order chi connectivity index (χ0) is 23.4. The number of rotatable bonds is 6. The Hall–Kier alpha value is -3.72. The van der Waals surface area contributed by atoms with Crippen LogP contribution in [0.5, 0.6) is 0 Å². The van der Waals surface area contributed by atoms with Crippen LogP contribution in [0.15, 0.2) is 77.7 Å². The molecule has 0 spiro atoms. The van der Waals surface area contributed by atoms with Crippen molar-refractivity contribution >= 4 is 33.3 Å². The van der Waals surface area contributed by atoms with Gasteiger partial charge in [0.15, 0.2) is 6.61 Å². The fourth-order valence-electron chi connectivity index (χ4n) is 3.62. The molecule has 0 radical (unpaired) electrons. The van der Waals surface area contributed by atoms with E-state index < -0.39 is 34.3 Å². The lowest BCUT2D eigenvalue weighted by Gasteiger charge is -2.30. The molecule has 1 N–H and O–H groups in total. The standard InChI is InChI=1S/C24H21FN2O5S/c25-20-11-2-3-12-21(20)26-23(28)16-32-24(29)18-8-5-10-19(15-18)33(30,31)27-14-6-9-17-7-1-4-13-22(17)27/h1-5,7-8,10-13,15H,6,9,14,16H2,(H,26,28). The summed E-state index contributed by atoms with van der Waals surface area (Å²) in [6, 6.07) is 18.4. The molecule has 1 heterocycles. The van der Waals surface area contributed by atoms with Gasteiger partial charge in [0, 0.05) is 6.54 Å². The Morgan fingerprint density at radius 1 is 1.00 bits per heavy atom. The monoisotopic (exact) mass is 468 g/mol. The number of nitrogens with zero attached hydrogens (tertiary/aromatic N) is 1. The van der Waals surface area contributed by atoms with Crippen LogP contribution in [-0.2, 0) is 26.0 Å². The number of esters is 1. The van der Waals surface area contributed by atoms with Gasteiger partial charge in [-0.25, -0.2) is 17.6 Å². The molecule has 33 heavy (non-hydrogen) atoms. The van der Waals surface area contributed by atoms with Gasteiger partial charge < -0.3 is 10.1 Å². The van der Waals surface area contributed by atoms with E-state index in [9.17, 15) is 22.4 Å². The van der Waals surface area contributed by atoms with Gasteiger partial charge in [0.05, 0.1) is 21.8 Å². The fraction of sp³-hybridized carbons (Fsp3) is 0.167. The van der Waals surface area contributed by atoms with Crippen LogP contribution in [0.4, 0.5) is 15.8 Å². The van der Waals surface area contributed by atoms with Crippen molar-refractivity contribution in [3.05, 3.63) is 89.7 Å². The number of anilines is 2. The second kappa shape index (κ2) is 9.41. The van der Waals surface area contributed by atoms with E-state index in [1.54, 1.807) is 18.2 Å². The molecule has 170 valence electrons. The van der Waals surface area contributed by atoms with E-state index in [2.05, 4.69) is 5.32 Å². The van der Waals surface area contributed by atoms with Gasteiger partial charge in [0.1, 0.15) is 5.82 Å². The molecule has 0 unspecified atom stereocenters. The van der Waals surface area contributed by atoms with Crippen molar-refractivity contribution in [1.29, 1.82) is 0 Å². The first kappa shape index (κ1) is 22.5. The second-order valence-corrected chi connectivity index (χ2v) is 9.30. The Balaban J connectivity index is 1.47. The minimum absolute atomic E-state index is 0.0138. The summed E-state index contributed by atoms with van der Waals surface area (Å²) in [6.45, 7) is -0.312. The molecule has 4 rings (SSSR count). The average Bonchev–Trinajstić information content (AvgIpc) is 2.83. The molecule has 9 heteroatoms. The Morgan fingerprint density at radius 2 is 1.76 bits per heavy atom. The van der Waals surface area contributed by atoms with E-state index in [-0.39, 0.29) is 16.1 Å². The normalized spacial score (nSPS) is 13.2. The first-order chi connectivity index (χ1) is 15.9. The molecule has 0 fully saturated rings. The second-order valence-electron chi connectivity index (χ2n) is 7.44. The summed E-state index contributed by atoms with van der Waals surface area (Å²) in [5, 5.41) is 2.31. The molecule has 3 aromatic carbocycles. The summed E-state index contributed by atoms with van der Waals surface area (Å²) in [7, 11) is -3.90. The molecule has 0 bridgehead atoms. The number of nitrogens with one attached hydrogen (secondary N) is 1. The summed E-state index contributed by atoms with van der Waals surface area (Å²) in [5.41, 5.74) is 1.53. The highest BCUT2D eigenvalue weighted by molar-refractivity contribution is 7.92. The maximum absolute atomic E-state index is 13.6. The van der Waals surface area contributed by atoms with Crippen LogP contribution in [0, 0.1) is 5.82 Å². The van der Waals surface area contributed by atoms with E-state index in [1.165, 1.54) is 46.8 Å². The molecule has 7 nitrogen and oxygen atoms in total. The van der Waals surface area contributed by atoms with Crippen molar-refractivity contribution in [2.75, 3.05) is 22.8 Å². The largest absolute Gasteiger partial charge is 0.452 e. The van der Waals surface area contributed by atoms with E-state index >= 15 is 0 Å². The highest BCUT2D eigenvalue weighted by Gasteiger charge is 2.29. The molecule has 1 aliphatic rings. The van der Waals surface area contributed by atoms with Crippen LogP contribution >= 0.6 is 0 Å². The number of hydrogen-bond acceptors (Lipinski definition) is 5. The van der Waals surface area contributed by atoms with Gasteiger partial charge in [-0.15, -0.1) is 0 Å². The summed E-state index contributed by atoms with van der Waals surface area (Å²) >= 11 is 0. The summed E-state index contributed by atoms with van der Waals surface area (Å²) in [4.78, 5) is 24.4. The highest BCUT2D eigenvalue weighted by Crippen LogP contribution is 2.32. The number of hydrogen-bond donors (Lipinski definition) is 1. The Labute approximate surface area is 190 Å². The topological polar surface area (TPSA) is 92.8 Å². The quantitative estimate of drug-likeness (QED) is 0.556. The van der Waals surface area contributed by atoms with E-state index in [0.717, 1.165) is 12.0 Å². The van der Waals surface area contributed by atoms with Gasteiger partial charge in [0.2, 0.25) is 0 Å². The van der Waals surface area contributed by atoms with Crippen molar-refractivity contribution < 1.29 is 27.1 Å². The lowest BCUT2D eigenvalue weighted by atomic mass is 10.0. The van der Waals surface area contributed by atoms with Crippen LogP contribution in [-0.4, -0.2) is 33.4 Å². The fourth-order valence-corrected chi connectivity index (χ4v) is 5.21. The number of ether oxygens (including phenoxy) is 1. The number of amides is 1. The van der Waals surface area contributed by atoms with Crippen LogP contribution in [0.25, 0.3) is 0 Å². The maximum Gasteiger partial charge on any atom is 0.338 e. The number of sulfonamides is 1. The first-order valence-electron chi connectivity index (χ1n) is 10.3. The molecule has 0 saturated heterocycles. The predicted molar refractivity (Wildman–Crippen MR) is 121 cm³/mol. The zero-order valence-corrected chi connectivity index (χ0v) is 18.3. The zero-order valence-electron chi connectivity index (χ0n) is 17.5. The summed E-state index contributed by atoms with van der Waals surface area (Å²) < 4.78 is 46.6. The average molecular weight is 469 g/mol. The number of halogens is 1. The van der Waals surface area contributed by atoms with E-state index in [1.807, 2.05) is 12.1 Å². The lowest BCUT2D eigenvalue weighted by molar-refractivity contribution is -0.119. The Kier molecular flexibility index (Phi) is 6.41. The number of carbonyl (C=O) groups is 2. The van der Waals surface area contributed by atoms with Crippen molar-refractivity contribution in [2.24, 2.45) is 0 Å². The first-order valence-corrected chi connectivity index (χ1v) is 11.7. The molecular weight excluding hydrogens is 447 g/mol. The van der Waals surface area contributed by atoms with Crippen molar-refractivity contribution in [2.45, 2.75) is 17.7 Å². The van der Waals surface area contributed by atoms with Crippen molar-refractivity contribution in [1.82, 2.24) is 0 Å². The highest BCUT2D eigenvalue weighted by atomic mass is 32.2. The Morgan fingerprint density at radius 3 is 2.58 bits per heavy atom. The van der Waals surface area contributed by atoms with Crippen LogP contribution in [0.3, 0.4) is 0 Å². The van der Waals surface area contributed by atoms with Gasteiger partial charge >= 0.3 is 5.97 Å². The molecule has 0 atom stereocenters. The van der Waals surface area contributed by atoms with E-state index in [0.29, 0.717) is 18.7 Å².